The third kappa shape index (κ3) is 20.2. The van der Waals surface area contributed by atoms with Crippen LogP contribution < -0.4 is 0 Å². The Morgan fingerprint density at radius 2 is 0.911 bits per heavy atom. The van der Waals surface area contributed by atoms with Gasteiger partial charge in [0.2, 0.25) is 0 Å². The van der Waals surface area contributed by atoms with Gasteiger partial charge in [0.15, 0.2) is 0 Å². The summed E-state index contributed by atoms with van der Waals surface area (Å²) < 4.78 is 34.2. The first-order valence-electron chi connectivity index (χ1n) is 15.8. The van der Waals surface area contributed by atoms with Crippen molar-refractivity contribution in [3.63, 3.8) is 0 Å². The Labute approximate surface area is 269 Å². The summed E-state index contributed by atoms with van der Waals surface area (Å²) in [5.74, 6) is -0.949. The van der Waals surface area contributed by atoms with Crippen molar-refractivity contribution < 1.29 is 42.8 Å². The first kappa shape index (κ1) is 38.6. The maximum absolute atomic E-state index is 12.6. The Kier molecular flexibility index (Phi) is 17.6. The quantitative estimate of drug-likeness (QED) is 0.308. The maximum atomic E-state index is 12.6. The van der Waals surface area contributed by atoms with Gasteiger partial charge in [-0.2, -0.15) is 0 Å². The van der Waals surface area contributed by atoms with E-state index in [0.29, 0.717) is 78.9 Å². The molecule has 0 radical (unpaired) electrons. The summed E-state index contributed by atoms with van der Waals surface area (Å²) in [5.41, 5.74) is -0.226. The fourth-order valence-electron chi connectivity index (χ4n) is 4.36. The van der Waals surface area contributed by atoms with Crippen LogP contribution in [0.15, 0.2) is 30.3 Å². The highest BCUT2D eigenvalue weighted by Gasteiger charge is 2.21. The number of hydrogen-bond donors (Lipinski definition) is 0. The zero-order valence-electron chi connectivity index (χ0n) is 28.2. The van der Waals surface area contributed by atoms with Crippen molar-refractivity contribution >= 4 is 17.9 Å². The lowest BCUT2D eigenvalue weighted by molar-refractivity contribution is -0.157. The van der Waals surface area contributed by atoms with Gasteiger partial charge in [-0.25, -0.2) is 0 Å². The highest BCUT2D eigenvalue weighted by Crippen LogP contribution is 2.09. The van der Waals surface area contributed by atoms with Crippen LogP contribution in [-0.2, 0) is 49.4 Å². The van der Waals surface area contributed by atoms with Gasteiger partial charge in [0.1, 0.15) is 17.8 Å². The average molecular weight is 638 g/mol. The predicted molar refractivity (Wildman–Crippen MR) is 170 cm³/mol. The molecule has 0 N–H and O–H groups in total. The summed E-state index contributed by atoms with van der Waals surface area (Å²) in [4.78, 5) is 43.5. The molecule has 0 spiro atoms. The van der Waals surface area contributed by atoms with Crippen LogP contribution in [0, 0.1) is 0 Å². The summed E-state index contributed by atoms with van der Waals surface area (Å²) in [6, 6.07) is 9.55. The predicted octanol–water partition coefficient (Wildman–Crippen LogP) is 2.38. The molecule has 1 heterocycles. The monoisotopic (exact) mass is 637 g/mol. The summed E-state index contributed by atoms with van der Waals surface area (Å²) in [5, 5.41) is 0. The van der Waals surface area contributed by atoms with E-state index in [2.05, 4.69) is 0 Å². The van der Waals surface area contributed by atoms with Gasteiger partial charge in [-0.05, 0) is 47.1 Å². The van der Waals surface area contributed by atoms with E-state index in [4.69, 9.17) is 28.4 Å². The molecule has 0 unspecified atom stereocenters. The van der Waals surface area contributed by atoms with E-state index < -0.39 is 11.2 Å². The van der Waals surface area contributed by atoms with Gasteiger partial charge in [-0.15, -0.1) is 0 Å². The molecule has 1 aliphatic rings. The van der Waals surface area contributed by atoms with E-state index in [1.807, 2.05) is 86.6 Å². The van der Waals surface area contributed by atoms with Crippen LogP contribution in [-0.4, -0.2) is 142 Å². The van der Waals surface area contributed by atoms with Crippen molar-refractivity contribution in [2.75, 3.05) is 98.5 Å². The highest BCUT2D eigenvalue weighted by atomic mass is 16.6. The van der Waals surface area contributed by atoms with Crippen molar-refractivity contribution in [3.8, 4) is 0 Å². The number of hydrogen-bond acceptors (Lipinski definition) is 12. The summed E-state index contributed by atoms with van der Waals surface area (Å²) >= 11 is 0. The third-order valence-electron chi connectivity index (χ3n) is 6.45. The van der Waals surface area contributed by atoms with Gasteiger partial charge >= 0.3 is 17.9 Å². The molecule has 0 aliphatic carbocycles. The molecule has 0 aromatic heterocycles. The fourth-order valence-corrected chi connectivity index (χ4v) is 4.36. The lowest BCUT2D eigenvalue weighted by atomic mass is 10.2. The molecular formula is C33H55N3O9. The van der Waals surface area contributed by atoms with Gasteiger partial charge in [0.05, 0.1) is 59.3 Å². The van der Waals surface area contributed by atoms with E-state index in [1.54, 1.807) is 0 Å². The van der Waals surface area contributed by atoms with Crippen LogP contribution in [0.4, 0.5) is 0 Å². The third-order valence-corrected chi connectivity index (χ3v) is 6.45. The SMILES string of the molecule is CC(C)(C)OC(=O)CN1CCOCCN(CC(=O)OCc2ccccc2)CCOCCN(CC(=O)OC(C)(C)C)CCOCC1. The summed E-state index contributed by atoms with van der Waals surface area (Å²) in [7, 11) is 0. The number of ether oxygens (including phenoxy) is 6. The second-order valence-corrected chi connectivity index (χ2v) is 13.0. The van der Waals surface area contributed by atoms with Crippen LogP contribution in [0.1, 0.15) is 47.1 Å². The van der Waals surface area contributed by atoms with Gasteiger partial charge in [-0.3, -0.25) is 29.1 Å². The van der Waals surface area contributed by atoms with E-state index in [0.717, 1.165) is 5.56 Å². The minimum absolute atomic E-state index is 0.104. The molecule has 0 atom stereocenters. The van der Waals surface area contributed by atoms with E-state index in [1.165, 1.54) is 0 Å². The molecule has 2 rings (SSSR count). The van der Waals surface area contributed by atoms with Gasteiger partial charge in [0, 0.05) is 39.3 Å². The number of rotatable bonds is 8. The Bertz CT molecular complexity index is 945. The molecule has 1 aromatic rings. The first-order chi connectivity index (χ1) is 21.3. The molecule has 1 aromatic carbocycles. The van der Waals surface area contributed by atoms with Crippen molar-refractivity contribution in [1.82, 2.24) is 14.7 Å². The summed E-state index contributed by atoms with van der Waals surface area (Å²) in [6.07, 6.45) is 0. The van der Waals surface area contributed by atoms with E-state index in [-0.39, 0.29) is 44.1 Å². The van der Waals surface area contributed by atoms with E-state index >= 15 is 0 Å². The van der Waals surface area contributed by atoms with Crippen molar-refractivity contribution in [3.05, 3.63) is 35.9 Å². The van der Waals surface area contributed by atoms with Gasteiger partial charge < -0.3 is 28.4 Å². The Morgan fingerprint density at radius 3 is 1.24 bits per heavy atom. The fraction of sp³-hybridized carbons (Fsp3) is 0.727. The van der Waals surface area contributed by atoms with Crippen LogP contribution in [0.3, 0.4) is 0 Å². The van der Waals surface area contributed by atoms with Crippen molar-refractivity contribution in [2.45, 2.75) is 59.4 Å². The number of esters is 3. The molecule has 45 heavy (non-hydrogen) atoms. The van der Waals surface area contributed by atoms with E-state index in [9.17, 15) is 14.4 Å². The zero-order chi connectivity index (χ0) is 33.1. The lowest BCUT2D eigenvalue weighted by Gasteiger charge is -2.27. The molecule has 0 amide bonds. The smallest absolute Gasteiger partial charge is 0.320 e. The largest absolute Gasteiger partial charge is 0.460 e. The molecular weight excluding hydrogens is 582 g/mol. The second-order valence-electron chi connectivity index (χ2n) is 13.0. The maximum Gasteiger partial charge on any atom is 0.320 e. The molecule has 1 aliphatic heterocycles. The Balaban J connectivity index is 2.00. The van der Waals surface area contributed by atoms with Crippen LogP contribution in [0.5, 0.6) is 0 Å². The number of benzene rings is 1. The highest BCUT2D eigenvalue weighted by molar-refractivity contribution is 5.72. The minimum atomic E-state index is -0.576. The van der Waals surface area contributed by atoms with Crippen LogP contribution >= 0.6 is 0 Å². The first-order valence-corrected chi connectivity index (χ1v) is 15.8. The average Bonchev–Trinajstić information content (AvgIpc) is 2.93. The molecule has 12 heteroatoms. The zero-order valence-corrected chi connectivity index (χ0v) is 28.2. The molecule has 1 saturated heterocycles. The Morgan fingerprint density at radius 1 is 0.578 bits per heavy atom. The van der Waals surface area contributed by atoms with Gasteiger partial charge in [0.25, 0.3) is 0 Å². The number of carbonyl (C=O) groups is 3. The lowest BCUT2D eigenvalue weighted by Crippen LogP contribution is -2.41. The van der Waals surface area contributed by atoms with Crippen LogP contribution in [0.25, 0.3) is 0 Å². The molecule has 0 bridgehead atoms. The normalized spacial score (nSPS) is 18.4. The standard InChI is InChI=1S/C33H55N3O9/c1-32(2,3)44-30(38)25-35-14-20-40-18-12-34(24-29(37)43-27-28-10-8-7-9-11-28)13-19-41-21-15-36(17-23-42-22-16-35)26-31(39)45-33(4,5)6/h7-11H,12-27H2,1-6H3. The molecule has 256 valence electrons. The topological polar surface area (TPSA) is 116 Å². The second kappa shape index (κ2) is 20.5. The minimum Gasteiger partial charge on any atom is -0.460 e. The Hall–Kier alpha value is -2.61. The van der Waals surface area contributed by atoms with Crippen molar-refractivity contribution in [2.24, 2.45) is 0 Å². The van der Waals surface area contributed by atoms with Crippen LogP contribution in [0.2, 0.25) is 0 Å². The number of carbonyl (C=O) groups excluding carboxylic acids is 3. The molecule has 1 fully saturated rings. The van der Waals surface area contributed by atoms with Crippen molar-refractivity contribution in [1.29, 1.82) is 0 Å². The molecule has 0 saturated carbocycles. The van der Waals surface area contributed by atoms with Gasteiger partial charge in [-0.1, -0.05) is 30.3 Å². The summed E-state index contributed by atoms with van der Waals surface area (Å²) in [6.45, 7) is 17.0. The number of nitrogens with zero attached hydrogens (tertiary/aromatic N) is 3. The molecule has 12 nitrogen and oxygen atoms in total.